The molecule has 0 aromatic heterocycles. The third kappa shape index (κ3) is 7.61. The van der Waals surface area contributed by atoms with Gasteiger partial charge >= 0.3 is 12.1 Å². The quantitative estimate of drug-likeness (QED) is 0.559. The Kier molecular flexibility index (Phi) is 8.31. The molecule has 0 saturated carbocycles. The fourth-order valence-corrected chi connectivity index (χ4v) is 4.01. The highest BCUT2D eigenvalue weighted by Crippen LogP contribution is 2.30. The van der Waals surface area contributed by atoms with Gasteiger partial charge in [-0.15, -0.1) is 0 Å². The number of aryl methyl sites for hydroxylation is 1. The zero-order chi connectivity index (χ0) is 24.7. The van der Waals surface area contributed by atoms with Crippen molar-refractivity contribution in [2.75, 3.05) is 11.9 Å². The number of hydrogen-bond acceptors (Lipinski definition) is 5. The lowest BCUT2D eigenvalue weighted by Crippen LogP contribution is -2.32. The number of fused-ring (bicyclic) bond motifs is 1. The molecule has 3 rings (SSSR count). The molecule has 7 nitrogen and oxygen atoms in total. The molecule has 1 aliphatic rings. The molecular formula is C27H34N2O5. The number of carbonyl (C=O) groups is 3. The average molecular weight is 467 g/mol. The molecule has 0 fully saturated rings. The van der Waals surface area contributed by atoms with Gasteiger partial charge in [0.1, 0.15) is 5.60 Å². The molecule has 0 aliphatic heterocycles. The van der Waals surface area contributed by atoms with E-state index in [0.29, 0.717) is 25.1 Å². The molecule has 0 heterocycles. The summed E-state index contributed by atoms with van der Waals surface area (Å²) in [5.41, 5.74) is 4.01. The summed E-state index contributed by atoms with van der Waals surface area (Å²) in [4.78, 5) is 36.4. The van der Waals surface area contributed by atoms with E-state index in [9.17, 15) is 14.4 Å². The van der Waals surface area contributed by atoms with Crippen LogP contribution in [-0.2, 0) is 33.7 Å². The summed E-state index contributed by atoms with van der Waals surface area (Å²) in [6, 6.07) is 13.0. The molecule has 2 aromatic rings. The van der Waals surface area contributed by atoms with Crippen LogP contribution < -0.4 is 10.6 Å². The number of benzene rings is 2. The predicted octanol–water partition coefficient (Wildman–Crippen LogP) is 5.02. The molecule has 2 aromatic carbocycles. The number of hydrogen-bond donors (Lipinski definition) is 2. The average Bonchev–Trinajstić information content (AvgIpc) is 2.77. The van der Waals surface area contributed by atoms with E-state index in [1.165, 1.54) is 11.1 Å². The molecule has 2 N–H and O–H groups in total. The van der Waals surface area contributed by atoms with Crippen LogP contribution in [0.3, 0.4) is 0 Å². The van der Waals surface area contributed by atoms with Crippen LogP contribution in [0.4, 0.5) is 10.5 Å². The van der Waals surface area contributed by atoms with Crippen molar-refractivity contribution in [1.82, 2.24) is 5.32 Å². The fourth-order valence-electron chi connectivity index (χ4n) is 4.01. The molecule has 1 atom stereocenters. The Labute approximate surface area is 201 Å². The molecule has 1 aliphatic carbocycles. The molecule has 2 amide bonds. The van der Waals surface area contributed by atoms with Gasteiger partial charge in [0, 0.05) is 24.2 Å². The van der Waals surface area contributed by atoms with Crippen molar-refractivity contribution in [3.63, 3.8) is 0 Å². The van der Waals surface area contributed by atoms with Crippen molar-refractivity contribution in [3.05, 3.63) is 64.7 Å². The summed E-state index contributed by atoms with van der Waals surface area (Å²) in [6.45, 7) is 7.96. The highest BCUT2D eigenvalue weighted by molar-refractivity contribution is 6.04. The highest BCUT2D eigenvalue weighted by atomic mass is 16.6. The maximum absolute atomic E-state index is 12.7. The summed E-state index contributed by atoms with van der Waals surface area (Å²) in [5, 5.41) is 5.66. The minimum absolute atomic E-state index is 0.148. The Morgan fingerprint density at radius 2 is 1.76 bits per heavy atom. The second-order valence-corrected chi connectivity index (χ2v) is 9.61. The van der Waals surface area contributed by atoms with Gasteiger partial charge in [-0.2, -0.15) is 0 Å². The molecule has 7 heteroatoms. The lowest BCUT2D eigenvalue weighted by molar-refractivity contribution is -0.144. The largest absolute Gasteiger partial charge is 0.466 e. The van der Waals surface area contributed by atoms with Crippen LogP contribution in [0, 0.1) is 5.92 Å². The first-order chi connectivity index (χ1) is 16.1. The second kappa shape index (κ2) is 11.2. The molecule has 1 unspecified atom stereocenters. The minimum atomic E-state index is -0.551. The van der Waals surface area contributed by atoms with Crippen LogP contribution in [0.2, 0.25) is 0 Å². The van der Waals surface area contributed by atoms with Gasteiger partial charge in [-0.3, -0.25) is 9.59 Å². The van der Waals surface area contributed by atoms with Gasteiger partial charge in [0.05, 0.1) is 6.61 Å². The predicted molar refractivity (Wildman–Crippen MR) is 131 cm³/mol. The van der Waals surface area contributed by atoms with Crippen molar-refractivity contribution in [1.29, 1.82) is 0 Å². The van der Waals surface area contributed by atoms with E-state index in [2.05, 4.69) is 16.7 Å². The number of esters is 1. The molecule has 0 spiro atoms. The number of nitrogens with one attached hydrogen (secondary N) is 2. The topological polar surface area (TPSA) is 93.7 Å². The smallest absolute Gasteiger partial charge is 0.407 e. The molecule has 0 saturated heterocycles. The van der Waals surface area contributed by atoms with Gasteiger partial charge in [-0.05, 0) is 93.8 Å². The maximum atomic E-state index is 12.7. The summed E-state index contributed by atoms with van der Waals surface area (Å²) in [7, 11) is 0. The third-order valence-corrected chi connectivity index (χ3v) is 5.61. The molecule has 0 bridgehead atoms. The number of ether oxygens (including phenoxy) is 2. The summed E-state index contributed by atoms with van der Waals surface area (Å²) < 4.78 is 10.3. The van der Waals surface area contributed by atoms with Crippen molar-refractivity contribution < 1.29 is 23.9 Å². The van der Waals surface area contributed by atoms with E-state index in [4.69, 9.17) is 9.47 Å². The lowest BCUT2D eigenvalue weighted by Gasteiger charge is -2.24. The van der Waals surface area contributed by atoms with E-state index in [-0.39, 0.29) is 17.8 Å². The Hall–Kier alpha value is -3.35. The highest BCUT2D eigenvalue weighted by Gasteiger charge is 2.22. The summed E-state index contributed by atoms with van der Waals surface area (Å²) >= 11 is 0. The van der Waals surface area contributed by atoms with Crippen molar-refractivity contribution in [2.24, 2.45) is 5.92 Å². The van der Waals surface area contributed by atoms with Gasteiger partial charge in [0.15, 0.2) is 0 Å². The summed E-state index contributed by atoms with van der Waals surface area (Å²) in [6.07, 6.45) is 2.64. The normalized spacial score (nSPS) is 15.1. The Balaban J connectivity index is 1.55. The minimum Gasteiger partial charge on any atom is -0.466 e. The van der Waals surface area contributed by atoms with Crippen LogP contribution >= 0.6 is 0 Å². The van der Waals surface area contributed by atoms with Crippen LogP contribution in [0.15, 0.2) is 42.5 Å². The van der Waals surface area contributed by atoms with Gasteiger partial charge in [0.25, 0.3) is 5.91 Å². The first kappa shape index (κ1) is 25.3. The third-order valence-electron chi connectivity index (χ3n) is 5.61. The molecule has 0 radical (unpaired) electrons. The van der Waals surface area contributed by atoms with Gasteiger partial charge in [-0.1, -0.05) is 18.2 Å². The number of anilines is 1. The molecule has 34 heavy (non-hydrogen) atoms. The van der Waals surface area contributed by atoms with E-state index in [1.54, 1.807) is 24.3 Å². The van der Waals surface area contributed by atoms with E-state index < -0.39 is 11.7 Å². The number of carbonyl (C=O) groups excluding carboxylic acids is 3. The van der Waals surface area contributed by atoms with Crippen molar-refractivity contribution >= 4 is 23.7 Å². The fraction of sp³-hybridized carbons (Fsp3) is 0.444. The number of alkyl carbamates (subject to hydrolysis) is 1. The zero-order valence-electron chi connectivity index (χ0n) is 20.4. The van der Waals surface area contributed by atoms with Crippen LogP contribution in [-0.4, -0.2) is 30.2 Å². The van der Waals surface area contributed by atoms with Crippen LogP contribution in [0.5, 0.6) is 0 Å². The van der Waals surface area contributed by atoms with Gasteiger partial charge < -0.3 is 20.1 Å². The van der Waals surface area contributed by atoms with Crippen molar-refractivity contribution in [2.45, 2.75) is 65.5 Å². The first-order valence-electron chi connectivity index (χ1n) is 11.8. The van der Waals surface area contributed by atoms with Crippen LogP contribution in [0.25, 0.3) is 0 Å². The Morgan fingerprint density at radius 3 is 2.44 bits per heavy atom. The number of amides is 2. The van der Waals surface area contributed by atoms with Crippen molar-refractivity contribution in [3.8, 4) is 0 Å². The van der Waals surface area contributed by atoms with Crippen LogP contribution in [0.1, 0.15) is 67.6 Å². The van der Waals surface area contributed by atoms with Gasteiger partial charge in [-0.25, -0.2) is 4.79 Å². The maximum Gasteiger partial charge on any atom is 0.407 e. The summed E-state index contributed by atoms with van der Waals surface area (Å²) in [5.74, 6) is -0.0880. The lowest BCUT2D eigenvalue weighted by atomic mass is 9.82. The SMILES string of the molecule is CCOC(=O)CC1CCc2ccc(NC(=O)c3ccc(CNC(=O)OC(C)(C)C)cc3)cc2C1. The van der Waals surface area contributed by atoms with E-state index >= 15 is 0 Å². The zero-order valence-corrected chi connectivity index (χ0v) is 20.4. The van der Waals surface area contributed by atoms with E-state index in [0.717, 1.165) is 30.5 Å². The first-order valence-corrected chi connectivity index (χ1v) is 11.8. The number of rotatable bonds is 7. The van der Waals surface area contributed by atoms with E-state index in [1.807, 2.05) is 39.8 Å². The standard InChI is InChI=1S/C27H34N2O5/c1-5-33-24(30)15-19-8-9-20-12-13-23(16-22(20)14-19)29-25(31)21-10-6-18(7-11-21)17-28-26(32)34-27(2,3)4/h6-7,10-13,16,19H,5,8-9,14-15,17H2,1-4H3,(H,28,32)(H,29,31). The molecular weight excluding hydrogens is 432 g/mol. The molecule has 182 valence electrons. The monoisotopic (exact) mass is 466 g/mol. The Morgan fingerprint density at radius 1 is 1.03 bits per heavy atom. The van der Waals surface area contributed by atoms with Gasteiger partial charge in [0.2, 0.25) is 0 Å². The Bertz CT molecular complexity index is 1020. The second-order valence-electron chi connectivity index (χ2n) is 9.61.